The normalized spacial score (nSPS) is 10.6. The van der Waals surface area contributed by atoms with E-state index in [1.807, 2.05) is 25.1 Å². The van der Waals surface area contributed by atoms with E-state index >= 15 is 0 Å². The highest BCUT2D eigenvalue weighted by Gasteiger charge is 1.82. The lowest BCUT2D eigenvalue weighted by Crippen LogP contribution is -1.50. The summed E-state index contributed by atoms with van der Waals surface area (Å²) in [5.41, 5.74) is 0. The maximum Gasteiger partial charge on any atom is 0.0474 e. The molecule has 42 valence electrons. The second kappa shape index (κ2) is 2.62. The third kappa shape index (κ3) is 1.17. The van der Waals surface area contributed by atoms with Crippen LogP contribution >= 0.6 is 11.5 Å². The molecule has 1 rings (SSSR count). The zero-order valence-corrected chi connectivity index (χ0v) is 5.48. The van der Waals surface area contributed by atoms with E-state index in [2.05, 4.69) is 4.37 Å². The Bertz CT molecular complexity index is 165. The summed E-state index contributed by atoms with van der Waals surface area (Å²) < 4.78 is 3.93. The highest BCUT2D eigenvalue weighted by Crippen LogP contribution is 2.05. The van der Waals surface area contributed by atoms with Crippen molar-refractivity contribution in [3.8, 4) is 0 Å². The Morgan fingerprint density at radius 2 is 2.62 bits per heavy atom. The molecule has 0 aliphatic rings. The first kappa shape index (κ1) is 5.51. The molecule has 1 aromatic heterocycles. The Morgan fingerprint density at radius 1 is 1.75 bits per heavy atom. The van der Waals surface area contributed by atoms with Crippen LogP contribution in [0.5, 0.6) is 0 Å². The molecule has 0 aliphatic carbocycles. The van der Waals surface area contributed by atoms with Gasteiger partial charge in [-0.15, -0.1) is 0 Å². The van der Waals surface area contributed by atoms with Gasteiger partial charge in [0, 0.05) is 11.1 Å². The molecule has 2 heteroatoms. The first-order valence-corrected chi connectivity index (χ1v) is 3.24. The maximum absolute atomic E-state index is 3.93. The van der Waals surface area contributed by atoms with E-state index in [0.29, 0.717) is 0 Å². The minimum absolute atomic E-state index is 1.22. The minimum atomic E-state index is 1.22. The average molecular weight is 125 g/mol. The van der Waals surface area contributed by atoms with Gasteiger partial charge in [0.25, 0.3) is 0 Å². The third-order valence-electron chi connectivity index (χ3n) is 0.789. The maximum atomic E-state index is 3.93. The molecule has 0 saturated carbocycles. The molecule has 0 N–H and O–H groups in total. The minimum Gasteiger partial charge on any atom is -0.201 e. The Balaban J connectivity index is 2.77. The second-order valence-electron chi connectivity index (χ2n) is 1.41. The second-order valence-corrected chi connectivity index (χ2v) is 2.28. The van der Waals surface area contributed by atoms with Crippen LogP contribution in [0.15, 0.2) is 18.3 Å². The van der Waals surface area contributed by atoms with Crippen LogP contribution in [0, 0.1) is 0 Å². The van der Waals surface area contributed by atoms with Gasteiger partial charge < -0.3 is 0 Å². The number of hydrogen-bond acceptors (Lipinski definition) is 2. The molecule has 0 fully saturated rings. The predicted molar refractivity (Wildman–Crippen MR) is 36.8 cm³/mol. The van der Waals surface area contributed by atoms with Gasteiger partial charge in [-0.25, -0.2) is 4.37 Å². The number of aromatic nitrogens is 1. The van der Waals surface area contributed by atoms with Crippen LogP contribution in [0.1, 0.15) is 11.8 Å². The number of rotatable bonds is 1. The zero-order valence-electron chi connectivity index (χ0n) is 4.66. The van der Waals surface area contributed by atoms with Crippen LogP contribution in [-0.2, 0) is 0 Å². The van der Waals surface area contributed by atoms with Gasteiger partial charge in [0.05, 0.1) is 0 Å². The van der Waals surface area contributed by atoms with Crippen LogP contribution in [0.2, 0.25) is 0 Å². The van der Waals surface area contributed by atoms with E-state index in [9.17, 15) is 0 Å². The van der Waals surface area contributed by atoms with Gasteiger partial charge in [-0.2, -0.15) is 0 Å². The van der Waals surface area contributed by atoms with Crippen molar-refractivity contribution in [2.75, 3.05) is 0 Å². The van der Waals surface area contributed by atoms with Crippen LogP contribution in [-0.4, -0.2) is 4.37 Å². The largest absolute Gasteiger partial charge is 0.201 e. The van der Waals surface area contributed by atoms with Crippen LogP contribution < -0.4 is 0 Å². The smallest absolute Gasteiger partial charge is 0.0474 e. The van der Waals surface area contributed by atoms with Crippen molar-refractivity contribution in [3.63, 3.8) is 0 Å². The molecule has 1 heterocycles. The summed E-state index contributed by atoms with van der Waals surface area (Å²) in [6, 6.07) is 1.99. The fourth-order valence-corrected chi connectivity index (χ4v) is 1.04. The molecule has 0 radical (unpaired) electrons. The van der Waals surface area contributed by atoms with Crippen molar-refractivity contribution in [3.05, 3.63) is 23.2 Å². The number of hydrogen-bond donors (Lipinski definition) is 0. The molecule has 0 bridgehead atoms. The van der Waals surface area contributed by atoms with Gasteiger partial charge in [0.2, 0.25) is 0 Å². The lowest BCUT2D eigenvalue weighted by molar-refractivity contribution is 1.58. The molecule has 0 aliphatic heterocycles. The van der Waals surface area contributed by atoms with E-state index in [1.165, 1.54) is 16.4 Å². The van der Waals surface area contributed by atoms with Gasteiger partial charge in [-0.1, -0.05) is 6.08 Å². The fraction of sp³-hybridized carbons (Fsp3) is 0.167. The Labute approximate surface area is 52.8 Å². The number of allylic oxidation sites excluding steroid dienone is 1. The molecule has 0 spiro atoms. The molecule has 1 nitrogen and oxygen atoms in total. The Morgan fingerprint density at radius 3 is 3.12 bits per heavy atom. The summed E-state index contributed by atoms with van der Waals surface area (Å²) in [6.45, 7) is 2.00. The Hall–Kier alpha value is -0.630. The first-order chi connectivity index (χ1) is 3.93. The summed E-state index contributed by atoms with van der Waals surface area (Å²) in [4.78, 5) is 1.22. The fourth-order valence-electron chi connectivity index (χ4n) is 0.476. The highest BCUT2D eigenvalue weighted by molar-refractivity contribution is 7.06. The zero-order chi connectivity index (χ0) is 5.82. The van der Waals surface area contributed by atoms with E-state index in [1.54, 1.807) is 6.20 Å². The molecule has 0 unspecified atom stereocenters. The third-order valence-corrected chi connectivity index (χ3v) is 1.50. The van der Waals surface area contributed by atoms with Gasteiger partial charge in [0.1, 0.15) is 0 Å². The van der Waals surface area contributed by atoms with Crippen molar-refractivity contribution in [2.24, 2.45) is 0 Å². The molecular weight excluding hydrogens is 118 g/mol. The van der Waals surface area contributed by atoms with E-state index in [4.69, 9.17) is 0 Å². The van der Waals surface area contributed by atoms with E-state index in [-0.39, 0.29) is 0 Å². The quantitative estimate of drug-likeness (QED) is 0.560. The van der Waals surface area contributed by atoms with Crippen molar-refractivity contribution < 1.29 is 0 Å². The van der Waals surface area contributed by atoms with Crippen LogP contribution in [0.3, 0.4) is 0 Å². The lowest BCUT2D eigenvalue weighted by Gasteiger charge is -1.72. The molecule has 0 atom stereocenters. The molecule has 0 amide bonds. The van der Waals surface area contributed by atoms with Gasteiger partial charge in [-0.05, 0) is 30.6 Å². The summed E-state index contributed by atoms with van der Waals surface area (Å²) >= 11 is 1.51. The molecule has 1 aromatic rings. The molecular formula is C6H7NS. The standard InChI is InChI=1S/C6H7NS/c1-2-3-6-4-5-7-8-6/h2-5H,1H3/b3-2+. The monoisotopic (exact) mass is 125 g/mol. The van der Waals surface area contributed by atoms with Crippen LogP contribution in [0.25, 0.3) is 6.08 Å². The van der Waals surface area contributed by atoms with Gasteiger partial charge in [-0.3, -0.25) is 0 Å². The molecule has 0 aromatic carbocycles. The first-order valence-electron chi connectivity index (χ1n) is 2.47. The predicted octanol–water partition coefficient (Wildman–Crippen LogP) is 2.18. The van der Waals surface area contributed by atoms with E-state index in [0.717, 1.165) is 0 Å². The molecule has 0 saturated heterocycles. The molecule has 8 heavy (non-hydrogen) atoms. The van der Waals surface area contributed by atoms with Crippen molar-refractivity contribution in [1.82, 2.24) is 4.37 Å². The van der Waals surface area contributed by atoms with Gasteiger partial charge >= 0.3 is 0 Å². The average Bonchev–Trinajstić information content (AvgIpc) is 2.19. The SMILES string of the molecule is C/C=C/c1ccns1. The van der Waals surface area contributed by atoms with Crippen molar-refractivity contribution in [1.29, 1.82) is 0 Å². The summed E-state index contributed by atoms with van der Waals surface area (Å²) in [5, 5.41) is 0. The highest BCUT2D eigenvalue weighted by atomic mass is 32.1. The van der Waals surface area contributed by atoms with E-state index < -0.39 is 0 Å². The Kier molecular flexibility index (Phi) is 1.80. The van der Waals surface area contributed by atoms with Gasteiger partial charge in [0.15, 0.2) is 0 Å². The summed E-state index contributed by atoms with van der Waals surface area (Å²) in [5.74, 6) is 0. The topological polar surface area (TPSA) is 12.9 Å². The summed E-state index contributed by atoms with van der Waals surface area (Å²) in [6.07, 6.45) is 5.85. The van der Waals surface area contributed by atoms with Crippen molar-refractivity contribution >= 4 is 17.6 Å². The van der Waals surface area contributed by atoms with Crippen LogP contribution in [0.4, 0.5) is 0 Å². The van der Waals surface area contributed by atoms with Crippen molar-refractivity contribution in [2.45, 2.75) is 6.92 Å². The number of nitrogens with zero attached hydrogens (tertiary/aromatic N) is 1. The lowest BCUT2D eigenvalue weighted by atomic mass is 10.4. The summed E-state index contributed by atoms with van der Waals surface area (Å²) in [7, 11) is 0.